The van der Waals surface area contributed by atoms with Crippen molar-refractivity contribution in [2.24, 2.45) is 0 Å². The van der Waals surface area contributed by atoms with Gasteiger partial charge in [0.1, 0.15) is 11.5 Å². The molecule has 4 aromatic heterocycles. The zero-order chi connectivity index (χ0) is 20.1. The molecular weight excluding hydrogens is 382 g/mol. The topological polar surface area (TPSA) is 102 Å². The summed E-state index contributed by atoms with van der Waals surface area (Å²) in [6.07, 6.45) is 9.68. The van der Waals surface area contributed by atoms with Gasteiger partial charge in [-0.3, -0.25) is 4.40 Å². The van der Waals surface area contributed by atoms with Crippen molar-refractivity contribution in [3.8, 4) is 11.1 Å². The van der Waals surface area contributed by atoms with Crippen molar-refractivity contribution in [1.29, 1.82) is 0 Å². The Kier molecular flexibility index (Phi) is 4.00. The maximum absolute atomic E-state index is 5.82. The third-order valence-corrected chi connectivity index (χ3v) is 6.21. The van der Waals surface area contributed by atoms with Crippen molar-refractivity contribution in [3.63, 3.8) is 0 Å². The van der Waals surface area contributed by atoms with Gasteiger partial charge in [-0.25, -0.2) is 4.98 Å². The quantitative estimate of drug-likeness (QED) is 0.540. The Morgan fingerprint density at radius 1 is 1.17 bits per heavy atom. The Morgan fingerprint density at radius 3 is 2.83 bits per heavy atom. The van der Waals surface area contributed by atoms with Crippen LogP contribution in [0.25, 0.3) is 27.8 Å². The predicted molar refractivity (Wildman–Crippen MR) is 111 cm³/mol. The third-order valence-electron chi connectivity index (χ3n) is 6.21. The first-order valence-electron chi connectivity index (χ1n) is 10.4. The average Bonchev–Trinajstić information content (AvgIpc) is 3.49. The van der Waals surface area contributed by atoms with E-state index in [1.165, 1.54) is 0 Å². The lowest BCUT2D eigenvalue weighted by atomic mass is 9.90. The minimum atomic E-state index is -0.346. The monoisotopic (exact) mass is 405 g/mol. The average molecular weight is 405 g/mol. The molecule has 0 amide bonds. The van der Waals surface area contributed by atoms with Gasteiger partial charge in [0.05, 0.1) is 13.2 Å². The molecule has 5 heterocycles. The fourth-order valence-corrected chi connectivity index (χ4v) is 4.55. The maximum atomic E-state index is 5.82. The Bertz CT molecular complexity index is 1210. The van der Waals surface area contributed by atoms with Gasteiger partial charge in [0, 0.05) is 54.0 Å². The standard InChI is InChI=1S/C21H23N7O2/c1-13-26-27-18-3-2-14(12-28(13)18)16-10-22-19-17(16)11-23-20(25-19)24-15-4-6-21(7-5-15)29-8-9-30-21/h2-3,10-12,15H,4-9H2,1H3,(H2,22,23,24,25). The highest BCUT2D eigenvalue weighted by Gasteiger charge is 2.40. The lowest BCUT2D eigenvalue weighted by molar-refractivity contribution is -0.177. The summed E-state index contributed by atoms with van der Waals surface area (Å²) in [6, 6.07) is 4.34. The second-order valence-electron chi connectivity index (χ2n) is 8.08. The first kappa shape index (κ1) is 17.8. The number of rotatable bonds is 3. The van der Waals surface area contributed by atoms with Gasteiger partial charge < -0.3 is 19.8 Å². The van der Waals surface area contributed by atoms with Crippen molar-refractivity contribution in [1.82, 2.24) is 29.5 Å². The molecule has 2 aliphatic rings. The van der Waals surface area contributed by atoms with Crippen LogP contribution in [-0.4, -0.2) is 54.6 Å². The summed E-state index contributed by atoms with van der Waals surface area (Å²) < 4.78 is 13.6. The second kappa shape index (κ2) is 6.75. The van der Waals surface area contributed by atoms with Gasteiger partial charge >= 0.3 is 0 Å². The number of nitrogens with zero attached hydrogens (tertiary/aromatic N) is 5. The molecule has 1 saturated carbocycles. The minimum absolute atomic E-state index is 0.328. The van der Waals surface area contributed by atoms with E-state index < -0.39 is 0 Å². The van der Waals surface area contributed by atoms with Crippen molar-refractivity contribution < 1.29 is 9.47 Å². The Morgan fingerprint density at radius 2 is 2.00 bits per heavy atom. The molecule has 0 bridgehead atoms. The number of hydrogen-bond donors (Lipinski definition) is 2. The van der Waals surface area contributed by atoms with Crippen LogP contribution in [-0.2, 0) is 9.47 Å². The molecule has 2 fully saturated rings. The lowest BCUT2D eigenvalue weighted by Crippen LogP contribution is -2.39. The lowest BCUT2D eigenvalue weighted by Gasteiger charge is -2.35. The highest BCUT2D eigenvalue weighted by atomic mass is 16.7. The van der Waals surface area contributed by atoms with Crippen molar-refractivity contribution in [3.05, 3.63) is 36.5 Å². The minimum Gasteiger partial charge on any atom is -0.351 e. The van der Waals surface area contributed by atoms with Crippen LogP contribution in [0.2, 0.25) is 0 Å². The molecule has 0 aromatic carbocycles. The summed E-state index contributed by atoms with van der Waals surface area (Å²) in [4.78, 5) is 12.6. The highest BCUT2D eigenvalue weighted by molar-refractivity contribution is 5.93. The molecule has 1 aliphatic heterocycles. The van der Waals surface area contributed by atoms with E-state index in [-0.39, 0.29) is 5.79 Å². The molecule has 1 saturated heterocycles. The normalized spacial score (nSPS) is 19.2. The van der Waals surface area contributed by atoms with Crippen LogP contribution in [0, 0.1) is 6.92 Å². The van der Waals surface area contributed by atoms with Crippen LogP contribution in [0.15, 0.2) is 30.7 Å². The van der Waals surface area contributed by atoms with Crippen LogP contribution in [0.1, 0.15) is 31.5 Å². The van der Waals surface area contributed by atoms with E-state index in [0.717, 1.165) is 59.3 Å². The summed E-state index contributed by atoms with van der Waals surface area (Å²) >= 11 is 0. The molecule has 0 radical (unpaired) electrons. The van der Waals surface area contributed by atoms with E-state index in [4.69, 9.17) is 14.5 Å². The number of aryl methyl sites for hydroxylation is 1. The maximum Gasteiger partial charge on any atom is 0.224 e. The van der Waals surface area contributed by atoms with Gasteiger partial charge in [0.2, 0.25) is 5.95 Å². The molecule has 154 valence electrons. The molecule has 6 rings (SSSR count). The number of nitrogens with one attached hydrogen (secondary N) is 2. The number of fused-ring (bicyclic) bond motifs is 2. The van der Waals surface area contributed by atoms with Crippen molar-refractivity contribution in [2.45, 2.75) is 44.4 Å². The fraction of sp³-hybridized carbons (Fsp3) is 0.429. The molecule has 30 heavy (non-hydrogen) atoms. The van der Waals surface area contributed by atoms with Crippen LogP contribution in [0.3, 0.4) is 0 Å². The number of anilines is 1. The largest absolute Gasteiger partial charge is 0.351 e. The van der Waals surface area contributed by atoms with E-state index in [2.05, 4.69) is 25.5 Å². The summed E-state index contributed by atoms with van der Waals surface area (Å²) in [5.41, 5.74) is 3.77. The Balaban J connectivity index is 1.23. The van der Waals surface area contributed by atoms with E-state index in [9.17, 15) is 0 Å². The van der Waals surface area contributed by atoms with Crippen LogP contribution >= 0.6 is 0 Å². The molecule has 4 aromatic rings. The summed E-state index contributed by atoms with van der Waals surface area (Å²) in [5.74, 6) is 1.16. The molecule has 1 spiro atoms. The SMILES string of the molecule is Cc1nnc2ccc(-c3c[nH]c4nc(NC5CCC6(CC5)OCCO6)ncc34)cn12. The van der Waals surface area contributed by atoms with E-state index in [1.807, 2.05) is 42.0 Å². The zero-order valence-corrected chi connectivity index (χ0v) is 16.8. The number of pyridine rings is 1. The molecule has 9 nitrogen and oxygen atoms in total. The zero-order valence-electron chi connectivity index (χ0n) is 16.8. The van der Waals surface area contributed by atoms with E-state index in [1.54, 1.807) is 0 Å². The van der Waals surface area contributed by atoms with Crippen LogP contribution < -0.4 is 5.32 Å². The van der Waals surface area contributed by atoms with Crippen molar-refractivity contribution in [2.75, 3.05) is 18.5 Å². The van der Waals surface area contributed by atoms with Gasteiger partial charge in [0.25, 0.3) is 0 Å². The summed E-state index contributed by atoms with van der Waals surface area (Å²) in [5, 5.41) is 12.7. The number of aromatic nitrogens is 6. The van der Waals surface area contributed by atoms with Gasteiger partial charge in [-0.15, -0.1) is 10.2 Å². The first-order valence-corrected chi connectivity index (χ1v) is 10.4. The first-order chi connectivity index (χ1) is 14.7. The molecule has 0 unspecified atom stereocenters. The smallest absolute Gasteiger partial charge is 0.224 e. The Hall–Kier alpha value is -3.04. The number of H-pyrrole nitrogens is 1. The number of ether oxygens (including phenoxy) is 2. The van der Waals surface area contributed by atoms with Gasteiger partial charge in [0.15, 0.2) is 11.4 Å². The third kappa shape index (κ3) is 2.93. The molecule has 2 N–H and O–H groups in total. The van der Waals surface area contributed by atoms with Crippen LogP contribution in [0.4, 0.5) is 5.95 Å². The predicted octanol–water partition coefficient (Wildman–Crippen LogP) is 3.07. The Labute approximate surface area is 172 Å². The summed E-state index contributed by atoms with van der Waals surface area (Å²) in [6.45, 7) is 3.35. The molecule has 0 atom stereocenters. The van der Waals surface area contributed by atoms with E-state index >= 15 is 0 Å². The van der Waals surface area contributed by atoms with Gasteiger partial charge in [-0.1, -0.05) is 0 Å². The number of hydrogen-bond acceptors (Lipinski definition) is 7. The van der Waals surface area contributed by atoms with Crippen molar-refractivity contribution >= 4 is 22.6 Å². The number of aromatic amines is 1. The highest BCUT2D eigenvalue weighted by Crippen LogP contribution is 2.36. The fourth-order valence-electron chi connectivity index (χ4n) is 4.55. The van der Waals surface area contributed by atoms with E-state index in [0.29, 0.717) is 25.2 Å². The molecule has 1 aliphatic carbocycles. The van der Waals surface area contributed by atoms with Gasteiger partial charge in [-0.2, -0.15) is 4.98 Å². The molecule has 9 heteroatoms. The van der Waals surface area contributed by atoms with Crippen LogP contribution in [0.5, 0.6) is 0 Å². The summed E-state index contributed by atoms with van der Waals surface area (Å²) in [7, 11) is 0. The molecular formula is C21H23N7O2. The van der Waals surface area contributed by atoms with Gasteiger partial charge in [-0.05, 0) is 31.9 Å². The second-order valence-corrected chi connectivity index (χ2v) is 8.08.